The molecule has 0 spiro atoms. The molecule has 3 nitrogen and oxygen atoms in total. The summed E-state index contributed by atoms with van der Waals surface area (Å²) < 4.78 is 10.3. The molecule has 0 saturated carbocycles. The van der Waals surface area contributed by atoms with E-state index in [1.54, 1.807) is 7.11 Å². The van der Waals surface area contributed by atoms with Crippen molar-refractivity contribution in [2.75, 3.05) is 13.7 Å². The van der Waals surface area contributed by atoms with Gasteiger partial charge in [-0.3, -0.25) is 0 Å². The molecule has 1 saturated heterocycles. The summed E-state index contributed by atoms with van der Waals surface area (Å²) in [6.45, 7) is 2.15. The van der Waals surface area contributed by atoms with Crippen LogP contribution in [0.3, 0.4) is 0 Å². The van der Waals surface area contributed by atoms with Crippen LogP contribution in [-0.4, -0.2) is 31.2 Å². The topological polar surface area (TPSA) is 38.7 Å². The monoisotopic (exact) mass is 146 g/mol. The number of rotatable bonds is 2. The molecule has 0 radical (unpaired) electrons. The van der Waals surface area contributed by atoms with Gasteiger partial charge in [0.2, 0.25) is 0 Å². The summed E-state index contributed by atoms with van der Waals surface area (Å²) in [5.41, 5.74) is 0. The van der Waals surface area contributed by atoms with Gasteiger partial charge in [0, 0.05) is 13.5 Å². The number of aliphatic hydroxyl groups excluding tert-OH is 1. The van der Waals surface area contributed by atoms with E-state index in [0.717, 1.165) is 6.42 Å². The minimum atomic E-state index is -0.104. The lowest BCUT2D eigenvalue weighted by Gasteiger charge is -2.10. The fourth-order valence-corrected chi connectivity index (χ4v) is 1.21. The van der Waals surface area contributed by atoms with Crippen LogP contribution in [0.4, 0.5) is 0 Å². The summed E-state index contributed by atoms with van der Waals surface area (Å²) in [6, 6.07) is 0. The molecule has 0 aromatic carbocycles. The van der Waals surface area contributed by atoms with Gasteiger partial charge in [-0.2, -0.15) is 0 Å². The first kappa shape index (κ1) is 7.98. The zero-order chi connectivity index (χ0) is 7.56. The minimum absolute atomic E-state index is 0.0232. The van der Waals surface area contributed by atoms with Crippen molar-refractivity contribution in [2.24, 2.45) is 5.92 Å². The van der Waals surface area contributed by atoms with Gasteiger partial charge in [0.25, 0.3) is 0 Å². The summed E-state index contributed by atoms with van der Waals surface area (Å²) in [4.78, 5) is 0. The fourth-order valence-electron chi connectivity index (χ4n) is 1.21. The maximum atomic E-state index is 8.77. The van der Waals surface area contributed by atoms with E-state index in [4.69, 9.17) is 14.6 Å². The lowest BCUT2D eigenvalue weighted by Crippen LogP contribution is -2.19. The zero-order valence-electron chi connectivity index (χ0n) is 6.41. The van der Waals surface area contributed by atoms with E-state index in [-0.39, 0.29) is 19.0 Å². The van der Waals surface area contributed by atoms with Crippen molar-refractivity contribution < 1.29 is 14.6 Å². The summed E-state index contributed by atoms with van der Waals surface area (Å²) >= 11 is 0. The molecule has 1 fully saturated rings. The molecule has 10 heavy (non-hydrogen) atoms. The average Bonchev–Trinajstić information content (AvgIpc) is 2.30. The average molecular weight is 146 g/mol. The third kappa shape index (κ3) is 1.48. The minimum Gasteiger partial charge on any atom is -0.394 e. The summed E-state index contributed by atoms with van der Waals surface area (Å²) in [6.07, 6.45) is 0.763. The van der Waals surface area contributed by atoms with Crippen LogP contribution in [0.1, 0.15) is 13.3 Å². The molecule has 0 aromatic heterocycles. The van der Waals surface area contributed by atoms with Gasteiger partial charge in [-0.25, -0.2) is 0 Å². The first-order chi connectivity index (χ1) is 4.77. The van der Waals surface area contributed by atoms with Gasteiger partial charge in [0.15, 0.2) is 6.29 Å². The van der Waals surface area contributed by atoms with Crippen molar-refractivity contribution in [3.8, 4) is 0 Å². The molecular formula is C7H14O3. The molecule has 3 unspecified atom stereocenters. The Labute approximate surface area is 60.9 Å². The molecule has 1 N–H and O–H groups in total. The van der Waals surface area contributed by atoms with E-state index in [0.29, 0.717) is 5.92 Å². The van der Waals surface area contributed by atoms with Crippen molar-refractivity contribution >= 4 is 0 Å². The van der Waals surface area contributed by atoms with Gasteiger partial charge in [0.05, 0.1) is 12.7 Å². The highest BCUT2D eigenvalue weighted by atomic mass is 16.7. The smallest absolute Gasteiger partial charge is 0.158 e. The summed E-state index contributed by atoms with van der Waals surface area (Å²) in [7, 11) is 1.62. The summed E-state index contributed by atoms with van der Waals surface area (Å²) in [5, 5.41) is 8.77. The van der Waals surface area contributed by atoms with Crippen LogP contribution in [0, 0.1) is 5.92 Å². The van der Waals surface area contributed by atoms with E-state index in [1.165, 1.54) is 0 Å². The molecule has 60 valence electrons. The molecule has 0 aliphatic carbocycles. The number of ether oxygens (including phenoxy) is 2. The maximum Gasteiger partial charge on any atom is 0.158 e. The van der Waals surface area contributed by atoms with Crippen molar-refractivity contribution in [1.82, 2.24) is 0 Å². The van der Waals surface area contributed by atoms with Crippen LogP contribution in [-0.2, 0) is 9.47 Å². The Morgan fingerprint density at radius 1 is 1.70 bits per heavy atom. The predicted octanol–water partition coefficient (Wildman–Crippen LogP) is 0.376. The first-order valence-electron chi connectivity index (χ1n) is 3.57. The van der Waals surface area contributed by atoms with Crippen molar-refractivity contribution in [2.45, 2.75) is 25.7 Å². The third-order valence-corrected chi connectivity index (χ3v) is 1.97. The molecule has 1 aliphatic heterocycles. The van der Waals surface area contributed by atoms with E-state index in [2.05, 4.69) is 6.92 Å². The number of hydrogen-bond donors (Lipinski definition) is 1. The molecule has 0 amide bonds. The Balaban J connectivity index is 2.36. The number of aliphatic hydroxyl groups is 1. The molecule has 1 heterocycles. The Kier molecular flexibility index (Phi) is 2.65. The van der Waals surface area contributed by atoms with Crippen molar-refractivity contribution in [1.29, 1.82) is 0 Å². The zero-order valence-corrected chi connectivity index (χ0v) is 6.41. The highest BCUT2D eigenvalue weighted by molar-refractivity contribution is 4.74. The van der Waals surface area contributed by atoms with E-state index in [9.17, 15) is 0 Å². The van der Waals surface area contributed by atoms with Crippen LogP contribution < -0.4 is 0 Å². The van der Waals surface area contributed by atoms with Crippen molar-refractivity contribution in [3.05, 3.63) is 0 Å². The Morgan fingerprint density at radius 3 is 2.70 bits per heavy atom. The van der Waals surface area contributed by atoms with Crippen LogP contribution in [0.5, 0.6) is 0 Å². The van der Waals surface area contributed by atoms with Crippen LogP contribution >= 0.6 is 0 Å². The van der Waals surface area contributed by atoms with Gasteiger partial charge in [-0.15, -0.1) is 0 Å². The van der Waals surface area contributed by atoms with Crippen LogP contribution in [0.25, 0.3) is 0 Å². The van der Waals surface area contributed by atoms with Gasteiger partial charge in [0.1, 0.15) is 0 Å². The standard InChI is InChI=1S/C7H14O3/c1-5-3-7(9-2)10-6(5)4-8/h5-8H,3-4H2,1-2H3. The lowest BCUT2D eigenvalue weighted by atomic mass is 10.1. The Hall–Kier alpha value is -0.120. The van der Waals surface area contributed by atoms with E-state index < -0.39 is 0 Å². The second-order valence-electron chi connectivity index (χ2n) is 2.74. The van der Waals surface area contributed by atoms with Crippen LogP contribution in [0.15, 0.2) is 0 Å². The third-order valence-electron chi connectivity index (χ3n) is 1.97. The highest BCUT2D eigenvalue weighted by Gasteiger charge is 2.31. The Bertz CT molecular complexity index is 105. The lowest BCUT2D eigenvalue weighted by molar-refractivity contribution is -0.124. The quantitative estimate of drug-likeness (QED) is 0.612. The van der Waals surface area contributed by atoms with Crippen LogP contribution in [0.2, 0.25) is 0 Å². The van der Waals surface area contributed by atoms with Gasteiger partial charge in [-0.1, -0.05) is 6.92 Å². The SMILES string of the molecule is COC1CC(C)C(CO)O1. The molecule has 3 atom stereocenters. The van der Waals surface area contributed by atoms with E-state index in [1.807, 2.05) is 0 Å². The first-order valence-corrected chi connectivity index (χ1v) is 3.57. The highest BCUT2D eigenvalue weighted by Crippen LogP contribution is 2.25. The number of hydrogen-bond acceptors (Lipinski definition) is 3. The van der Waals surface area contributed by atoms with Gasteiger partial charge < -0.3 is 14.6 Å². The molecule has 1 rings (SSSR count). The number of methoxy groups -OCH3 is 1. The molecule has 1 aliphatic rings. The fraction of sp³-hybridized carbons (Fsp3) is 1.00. The maximum absolute atomic E-state index is 8.77. The Morgan fingerprint density at radius 2 is 2.40 bits per heavy atom. The van der Waals surface area contributed by atoms with Gasteiger partial charge >= 0.3 is 0 Å². The predicted molar refractivity (Wildman–Crippen MR) is 36.5 cm³/mol. The van der Waals surface area contributed by atoms with Gasteiger partial charge in [-0.05, 0) is 5.92 Å². The largest absolute Gasteiger partial charge is 0.394 e. The van der Waals surface area contributed by atoms with Crippen molar-refractivity contribution in [3.63, 3.8) is 0 Å². The normalized spacial score (nSPS) is 40.5. The molecule has 3 heteroatoms. The summed E-state index contributed by atoms with van der Waals surface area (Å²) in [5.74, 6) is 0.412. The second kappa shape index (κ2) is 3.32. The van der Waals surface area contributed by atoms with E-state index >= 15 is 0 Å². The molecule has 0 aromatic rings. The molecule has 0 bridgehead atoms. The second-order valence-corrected chi connectivity index (χ2v) is 2.74. The molecular weight excluding hydrogens is 132 g/mol.